The summed E-state index contributed by atoms with van der Waals surface area (Å²) in [5, 5.41) is 51.0. The van der Waals surface area contributed by atoms with Gasteiger partial charge >= 0.3 is 0 Å². The second-order valence-corrected chi connectivity index (χ2v) is 11.7. The zero-order valence-corrected chi connectivity index (χ0v) is 26.9. The van der Waals surface area contributed by atoms with Crippen LogP contribution in [0.1, 0.15) is 48.7 Å². The Morgan fingerprint density at radius 1 is 1.07 bits per heavy atom. The van der Waals surface area contributed by atoms with E-state index in [2.05, 4.69) is 27.2 Å². The van der Waals surface area contributed by atoms with E-state index in [1.54, 1.807) is 12.1 Å². The van der Waals surface area contributed by atoms with Gasteiger partial charge in [0.15, 0.2) is 5.96 Å². The molecule has 0 aliphatic carbocycles. The fourth-order valence-electron chi connectivity index (χ4n) is 4.36. The normalized spacial score (nSPS) is 15.7. The van der Waals surface area contributed by atoms with E-state index in [-0.39, 0.29) is 31.3 Å². The molecule has 0 saturated carbocycles. The van der Waals surface area contributed by atoms with Crippen LogP contribution in [0, 0.1) is 0 Å². The first kappa shape index (κ1) is 39.2. The molecule has 1 unspecified atom stereocenters. The number of unbranched alkanes of at least 4 members (excludes halogenated alkanes) is 3. The van der Waals surface area contributed by atoms with Crippen LogP contribution in [-0.4, -0.2) is 127 Å². The summed E-state index contributed by atoms with van der Waals surface area (Å²) in [6, 6.07) is 7.22. The van der Waals surface area contributed by atoms with Crippen LogP contribution in [0.4, 0.5) is 0 Å². The molecule has 15 nitrogen and oxygen atoms in total. The molecule has 12 N–H and O–H groups in total. The Morgan fingerprint density at radius 2 is 1.76 bits per heavy atom. The number of nitrogens with zero attached hydrogens (tertiary/aromatic N) is 4. The Balaban J connectivity index is 1.87. The average molecular weight is 669 g/mol. The Kier molecular flexibility index (Phi) is 17.3. The van der Waals surface area contributed by atoms with Gasteiger partial charge in [0.1, 0.15) is 42.0 Å². The SMILES string of the molecule is CCCCCCN(CCOc1ccc(CC(Cl)C(N)(N)CN=C(N)NC(=O)c2cnccn2)cc1)C[C@H](O)[C@@H](O)[C@H](O)[C@H](O)CO. The Labute approximate surface area is 274 Å². The number of carbonyl (C=O) groups excluding carboxylic acids is 1. The molecule has 0 saturated heterocycles. The standard InChI is InChI=1S/C30H49ClN8O7/c1-2-3-4-5-12-39(17-23(41)26(43)27(44)24(42)18-40)13-14-46-21-8-6-20(7-9-21)15-25(31)30(33,34)19-37-29(32)38-28(45)22-16-35-10-11-36-22/h6-11,16,23-27,40-44H,2-5,12-15,17-19,33-34H2,1H3,(H3,32,37,38,45)/t23-,24+,25?,26+,27+/m0/s1. The Morgan fingerprint density at radius 3 is 2.39 bits per heavy atom. The van der Waals surface area contributed by atoms with Gasteiger partial charge < -0.3 is 47.5 Å². The van der Waals surface area contributed by atoms with Gasteiger partial charge in [-0.2, -0.15) is 0 Å². The monoisotopic (exact) mass is 668 g/mol. The number of hydrogen-bond donors (Lipinski definition) is 9. The maximum Gasteiger partial charge on any atom is 0.278 e. The van der Waals surface area contributed by atoms with Gasteiger partial charge in [0, 0.05) is 25.5 Å². The number of guanidine groups is 1. The minimum Gasteiger partial charge on any atom is -0.492 e. The number of aliphatic hydroxyl groups is 5. The fraction of sp³-hybridized carbons (Fsp3) is 0.600. The summed E-state index contributed by atoms with van der Waals surface area (Å²) in [6.07, 6.45) is 2.25. The molecule has 0 radical (unpaired) electrons. The van der Waals surface area contributed by atoms with Crippen molar-refractivity contribution in [2.45, 2.75) is 74.5 Å². The number of nitrogens with one attached hydrogen (secondary N) is 1. The summed E-state index contributed by atoms with van der Waals surface area (Å²) < 4.78 is 5.90. The molecule has 2 rings (SSSR count). The lowest BCUT2D eigenvalue weighted by atomic mass is 10.0. The number of benzene rings is 1. The molecule has 258 valence electrons. The van der Waals surface area contributed by atoms with Crippen molar-refractivity contribution in [1.29, 1.82) is 0 Å². The van der Waals surface area contributed by atoms with E-state index in [0.29, 0.717) is 25.3 Å². The van der Waals surface area contributed by atoms with Crippen molar-refractivity contribution in [3.8, 4) is 5.75 Å². The highest BCUT2D eigenvalue weighted by Crippen LogP contribution is 2.19. The molecule has 1 amide bonds. The lowest BCUT2D eigenvalue weighted by Gasteiger charge is -2.30. The van der Waals surface area contributed by atoms with Crippen LogP contribution < -0.4 is 27.3 Å². The number of nitrogens with two attached hydrogens (primary N) is 3. The Hall–Kier alpha value is -2.99. The summed E-state index contributed by atoms with van der Waals surface area (Å²) in [5.41, 5.74) is 17.7. The molecule has 1 aromatic heterocycles. The van der Waals surface area contributed by atoms with Gasteiger partial charge in [0.05, 0.1) is 30.8 Å². The summed E-state index contributed by atoms with van der Waals surface area (Å²) in [4.78, 5) is 25.8. The van der Waals surface area contributed by atoms with Gasteiger partial charge in [-0.1, -0.05) is 38.3 Å². The molecule has 0 aliphatic heterocycles. The molecule has 0 bridgehead atoms. The van der Waals surface area contributed by atoms with Crippen molar-refractivity contribution < 1.29 is 35.1 Å². The van der Waals surface area contributed by atoms with Crippen molar-refractivity contribution in [2.24, 2.45) is 22.2 Å². The molecule has 2 aromatic rings. The van der Waals surface area contributed by atoms with Crippen LogP contribution in [-0.2, 0) is 6.42 Å². The predicted octanol–water partition coefficient (Wildman–Crippen LogP) is -1.32. The van der Waals surface area contributed by atoms with Crippen molar-refractivity contribution in [3.05, 3.63) is 54.1 Å². The van der Waals surface area contributed by atoms with Crippen LogP contribution in [0.15, 0.2) is 47.8 Å². The fourth-order valence-corrected chi connectivity index (χ4v) is 4.61. The molecule has 0 fully saturated rings. The molecule has 0 aliphatic rings. The van der Waals surface area contributed by atoms with Crippen molar-refractivity contribution in [2.75, 3.05) is 39.4 Å². The number of aliphatic imine (C=N–C) groups is 1. The number of carbonyl (C=O) groups is 1. The number of halogens is 1. The molecule has 1 heterocycles. The first-order valence-electron chi connectivity index (χ1n) is 15.2. The third kappa shape index (κ3) is 13.8. The van der Waals surface area contributed by atoms with E-state index < -0.39 is 48.0 Å². The number of alkyl halides is 1. The van der Waals surface area contributed by atoms with E-state index in [0.717, 1.165) is 31.2 Å². The zero-order chi connectivity index (χ0) is 34.1. The highest BCUT2D eigenvalue weighted by Gasteiger charge is 2.31. The lowest BCUT2D eigenvalue weighted by Crippen LogP contribution is -2.60. The van der Waals surface area contributed by atoms with Crippen LogP contribution in [0.3, 0.4) is 0 Å². The van der Waals surface area contributed by atoms with Crippen molar-refractivity contribution >= 4 is 23.5 Å². The molecular formula is C30H49ClN8O7. The van der Waals surface area contributed by atoms with Crippen LogP contribution >= 0.6 is 11.6 Å². The van der Waals surface area contributed by atoms with Crippen molar-refractivity contribution in [3.63, 3.8) is 0 Å². The maximum atomic E-state index is 12.1. The van der Waals surface area contributed by atoms with E-state index in [1.807, 2.05) is 17.0 Å². The van der Waals surface area contributed by atoms with Gasteiger partial charge in [0.2, 0.25) is 0 Å². The number of hydrogen-bond acceptors (Lipinski definition) is 13. The van der Waals surface area contributed by atoms with E-state index >= 15 is 0 Å². The maximum absolute atomic E-state index is 12.1. The Bertz CT molecular complexity index is 1180. The van der Waals surface area contributed by atoms with E-state index in [4.69, 9.17) is 38.6 Å². The third-order valence-corrected chi connectivity index (χ3v) is 7.82. The molecular weight excluding hydrogens is 620 g/mol. The first-order chi connectivity index (χ1) is 21.9. The second-order valence-electron chi connectivity index (χ2n) is 11.2. The number of amides is 1. The smallest absolute Gasteiger partial charge is 0.278 e. The van der Waals surface area contributed by atoms with Crippen molar-refractivity contribution in [1.82, 2.24) is 20.2 Å². The predicted molar refractivity (Wildman–Crippen MR) is 174 cm³/mol. The van der Waals surface area contributed by atoms with E-state index in [1.165, 1.54) is 18.6 Å². The first-order valence-corrected chi connectivity index (χ1v) is 15.7. The minimum absolute atomic E-state index is 0.0472. The topological polar surface area (TPSA) is 259 Å². The van der Waals surface area contributed by atoms with Gasteiger partial charge in [-0.05, 0) is 37.1 Å². The minimum atomic E-state index is -1.68. The third-order valence-electron chi connectivity index (χ3n) is 7.26. The average Bonchev–Trinajstić information content (AvgIpc) is 3.05. The summed E-state index contributed by atoms with van der Waals surface area (Å²) in [5.74, 6) is -0.167. The zero-order valence-electron chi connectivity index (χ0n) is 26.2. The lowest BCUT2D eigenvalue weighted by molar-refractivity contribution is -0.119. The van der Waals surface area contributed by atoms with Gasteiger partial charge in [-0.3, -0.25) is 20.0 Å². The highest BCUT2D eigenvalue weighted by atomic mass is 35.5. The van der Waals surface area contributed by atoms with Crippen LogP contribution in [0.25, 0.3) is 0 Å². The number of aliphatic hydroxyl groups excluding tert-OH is 5. The van der Waals surface area contributed by atoms with Gasteiger partial charge in [0.25, 0.3) is 5.91 Å². The molecule has 16 heteroatoms. The van der Waals surface area contributed by atoms with Crippen LogP contribution in [0.2, 0.25) is 0 Å². The summed E-state index contributed by atoms with van der Waals surface area (Å²) in [7, 11) is 0. The summed E-state index contributed by atoms with van der Waals surface area (Å²) in [6.45, 7) is 2.63. The van der Waals surface area contributed by atoms with Gasteiger partial charge in [-0.15, -0.1) is 11.6 Å². The quantitative estimate of drug-likeness (QED) is 0.0246. The largest absolute Gasteiger partial charge is 0.492 e. The summed E-state index contributed by atoms with van der Waals surface area (Å²) >= 11 is 6.54. The number of rotatable bonds is 21. The van der Waals surface area contributed by atoms with E-state index in [9.17, 15) is 25.2 Å². The number of ether oxygens (including phenoxy) is 1. The molecule has 1 aromatic carbocycles. The molecule has 5 atom stereocenters. The second kappa shape index (κ2) is 20.3. The van der Waals surface area contributed by atoms with Gasteiger partial charge in [-0.25, -0.2) is 9.98 Å². The highest BCUT2D eigenvalue weighted by molar-refractivity contribution is 6.21. The molecule has 46 heavy (non-hydrogen) atoms. The van der Waals surface area contributed by atoms with Crippen LogP contribution in [0.5, 0.6) is 5.75 Å². The molecule has 0 spiro atoms. The number of aromatic nitrogens is 2.